The molecule has 0 fully saturated rings. The third-order valence-electron chi connectivity index (χ3n) is 2.34. The molecule has 0 atom stereocenters. The summed E-state index contributed by atoms with van der Waals surface area (Å²) in [5.41, 5.74) is 2.51. The number of rotatable bonds is 5. The number of halogens is 2. The summed E-state index contributed by atoms with van der Waals surface area (Å²) in [5, 5.41) is 3.24. The molecule has 0 saturated carbocycles. The van der Waals surface area contributed by atoms with Crippen LogP contribution in [-0.4, -0.2) is 12.4 Å². The van der Waals surface area contributed by atoms with E-state index in [9.17, 15) is 4.39 Å². The number of allylic oxidation sites excluding steroid dienone is 1. The molecule has 1 rings (SSSR count). The number of hydrogen-bond acceptors (Lipinski definition) is 1. The maximum Gasteiger partial charge on any atom is 0.129 e. The summed E-state index contributed by atoms with van der Waals surface area (Å²) in [4.78, 5) is 0. The van der Waals surface area contributed by atoms with Crippen LogP contribution < -0.4 is 5.32 Å². The lowest BCUT2D eigenvalue weighted by Crippen LogP contribution is -2.13. The van der Waals surface area contributed by atoms with Gasteiger partial charge in [0.25, 0.3) is 0 Å². The van der Waals surface area contributed by atoms with Gasteiger partial charge >= 0.3 is 0 Å². The van der Waals surface area contributed by atoms with Crippen LogP contribution in [0.3, 0.4) is 0 Å². The van der Waals surface area contributed by atoms with Gasteiger partial charge in [0.15, 0.2) is 0 Å². The Balaban J connectivity index is 2.52. The maximum atomic E-state index is 13.4. The van der Waals surface area contributed by atoms with Crippen molar-refractivity contribution in [1.29, 1.82) is 0 Å². The van der Waals surface area contributed by atoms with Gasteiger partial charge in [-0.25, -0.2) is 4.39 Å². The molecule has 0 unspecified atom stereocenters. The van der Waals surface area contributed by atoms with Crippen molar-refractivity contribution in [2.24, 2.45) is 0 Å². The van der Waals surface area contributed by atoms with Crippen molar-refractivity contribution in [1.82, 2.24) is 5.32 Å². The van der Waals surface area contributed by atoms with Crippen molar-refractivity contribution >= 4 is 11.6 Å². The van der Waals surface area contributed by atoms with E-state index in [2.05, 4.69) is 5.32 Å². The first-order chi connectivity index (χ1) is 7.65. The van der Waals surface area contributed by atoms with Crippen LogP contribution in [-0.2, 0) is 6.54 Å². The SMILES string of the molecule is Cc1cc(CNC/C=C/CCl)cc(C)c1F. The van der Waals surface area contributed by atoms with Crippen LogP contribution in [0.5, 0.6) is 0 Å². The van der Waals surface area contributed by atoms with E-state index in [-0.39, 0.29) is 5.82 Å². The minimum absolute atomic E-state index is 0.106. The second-order valence-electron chi connectivity index (χ2n) is 3.80. The average molecular weight is 242 g/mol. The van der Waals surface area contributed by atoms with Crippen LogP contribution in [0, 0.1) is 19.7 Å². The van der Waals surface area contributed by atoms with E-state index in [1.54, 1.807) is 13.8 Å². The van der Waals surface area contributed by atoms with Gasteiger partial charge in [0.05, 0.1) is 0 Å². The van der Waals surface area contributed by atoms with Crippen LogP contribution in [0.25, 0.3) is 0 Å². The van der Waals surface area contributed by atoms with Gasteiger partial charge < -0.3 is 5.32 Å². The monoisotopic (exact) mass is 241 g/mol. The van der Waals surface area contributed by atoms with Gasteiger partial charge in [-0.3, -0.25) is 0 Å². The molecule has 0 aliphatic heterocycles. The van der Waals surface area contributed by atoms with Crippen molar-refractivity contribution in [2.75, 3.05) is 12.4 Å². The normalized spacial score (nSPS) is 11.2. The van der Waals surface area contributed by atoms with E-state index in [0.717, 1.165) is 18.7 Å². The Bertz CT molecular complexity index is 351. The topological polar surface area (TPSA) is 12.0 Å². The van der Waals surface area contributed by atoms with E-state index in [1.165, 1.54) is 0 Å². The summed E-state index contributed by atoms with van der Waals surface area (Å²) in [6.07, 6.45) is 3.88. The second kappa shape index (κ2) is 6.66. The average Bonchev–Trinajstić information content (AvgIpc) is 2.25. The maximum absolute atomic E-state index is 13.4. The minimum Gasteiger partial charge on any atom is -0.309 e. The van der Waals surface area contributed by atoms with Gasteiger partial charge in [-0.2, -0.15) is 0 Å². The van der Waals surface area contributed by atoms with Crippen LogP contribution in [0.15, 0.2) is 24.3 Å². The molecule has 3 heteroatoms. The zero-order valence-electron chi connectivity index (χ0n) is 9.69. The van der Waals surface area contributed by atoms with Crippen LogP contribution >= 0.6 is 11.6 Å². The lowest BCUT2D eigenvalue weighted by molar-refractivity contribution is 0.607. The summed E-state index contributed by atoms with van der Waals surface area (Å²) in [6.45, 7) is 5.11. The third-order valence-corrected chi connectivity index (χ3v) is 2.52. The third kappa shape index (κ3) is 3.95. The van der Waals surface area contributed by atoms with E-state index < -0.39 is 0 Å². The number of aryl methyl sites for hydroxylation is 2. The molecular weight excluding hydrogens is 225 g/mol. The molecule has 0 bridgehead atoms. The predicted molar refractivity (Wildman–Crippen MR) is 67.4 cm³/mol. The zero-order valence-corrected chi connectivity index (χ0v) is 10.4. The smallest absolute Gasteiger partial charge is 0.129 e. The molecule has 0 radical (unpaired) electrons. The Morgan fingerprint density at radius 2 is 1.88 bits per heavy atom. The minimum atomic E-state index is -0.106. The van der Waals surface area contributed by atoms with Crippen molar-refractivity contribution in [3.63, 3.8) is 0 Å². The molecule has 1 aromatic carbocycles. The molecule has 0 spiro atoms. The van der Waals surface area contributed by atoms with Crippen molar-refractivity contribution in [3.8, 4) is 0 Å². The lowest BCUT2D eigenvalue weighted by atomic mass is 10.1. The Morgan fingerprint density at radius 1 is 1.25 bits per heavy atom. The summed E-state index contributed by atoms with van der Waals surface area (Å²) in [7, 11) is 0. The Morgan fingerprint density at radius 3 is 2.44 bits per heavy atom. The Hall–Kier alpha value is -0.860. The summed E-state index contributed by atoms with van der Waals surface area (Å²) in [5.74, 6) is 0.432. The molecule has 1 nitrogen and oxygen atoms in total. The molecule has 16 heavy (non-hydrogen) atoms. The Labute approximate surface area is 101 Å². The van der Waals surface area contributed by atoms with Crippen LogP contribution in [0.1, 0.15) is 16.7 Å². The van der Waals surface area contributed by atoms with Gasteiger partial charge in [-0.1, -0.05) is 24.3 Å². The second-order valence-corrected chi connectivity index (χ2v) is 4.11. The molecule has 0 aliphatic rings. The molecule has 1 N–H and O–H groups in total. The highest BCUT2D eigenvalue weighted by Crippen LogP contribution is 2.14. The molecule has 0 aromatic heterocycles. The highest BCUT2D eigenvalue weighted by atomic mass is 35.5. The summed E-state index contributed by atoms with van der Waals surface area (Å²) >= 11 is 5.50. The Kier molecular flexibility index (Phi) is 5.50. The first-order valence-corrected chi connectivity index (χ1v) is 5.86. The van der Waals surface area contributed by atoms with Gasteiger partial charge in [-0.15, -0.1) is 11.6 Å². The number of benzene rings is 1. The van der Waals surface area contributed by atoms with Gasteiger partial charge in [0.2, 0.25) is 0 Å². The van der Waals surface area contributed by atoms with Crippen molar-refractivity contribution in [2.45, 2.75) is 20.4 Å². The highest BCUT2D eigenvalue weighted by Gasteiger charge is 2.03. The molecule has 0 saturated heterocycles. The fourth-order valence-corrected chi connectivity index (χ4v) is 1.71. The molecule has 1 aromatic rings. The lowest BCUT2D eigenvalue weighted by Gasteiger charge is -2.07. The number of hydrogen-bond donors (Lipinski definition) is 1. The summed E-state index contributed by atoms with van der Waals surface area (Å²) in [6, 6.07) is 3.75. The summed E-state index contributed by atoms with van der Waals surface area (Å²) < 4.78 is 13.4. The van der Waals surface area contributed by atoms with E-state index >= 15 is 0 Å². The highest BCUT2D eigenvalue weighted by molar-refractivity contribution is 6.18. The van der Waals surface area contributed by atoms with Crippen LogP contribution in [0.2, 0.25) is 0 Å². The van der Waals surface area contributed by atoms with E-state index in [0.29, 0.717) is 17.0 Å². The predicted octanol–water partition coefficient (Wildman–Crippen LogP) is 3.33. The first-order valence-electron chi connectivity index (χ1n) is 5.32. The molecule has 0 aliphatic carbocycles. The molecule has 0 amide bonds. The van der Waals surface area contributed by atoms with E-state index in [4.69, 9.17) is 11.6 Å². The quantitative estimate of drug-likeness (QED) is 0.474. The fraction of sp³-hybridized carbons (Fsp3) is 0.385. The molecule has 88 valence electrons. The number of nitrogens with one attached hydrogen (secondary N) is 1. The zero-order chi connectivity index (χ0) is 12.0. The van der Waals surface area contributed by atoms with E-state index in [1.807, 2.05) is 24.3 Å². The van der Waals surface area contributed by atoms with Crippen molar-refractivity contribution in [3.05, 3.63) is 46.8 Å². The molecular formula is C13H17ClFN. The van der Waals surface area contributed by atoms with Crippen molar-refractivity contribution < 1.29 is 4.39 Å². The van der Waals surface area contributed by atoms with Gasteiger partial charge in [0.1, 0.15) is 5.82 Å². The first kappa shape index (κ1) is 13.2. The van der Waals surface area contributed by atoms with Crippen LogP contribution in [0.4, 0.5) is 4.39 Å². The fourth-order valence-electron chi connectivity index (χ4n) is 1.58. The van der Waals surface area contributed by atoms with Gasteiger partial charge in [-0.05, 0) is 30.5 Å². The van der Waals surface area contributed by atoms with Gasteiger partial charge in [0, 0.05) is 19.0 Å². The standard InChI is InChI=1S/C13H17ClFN/c1-10-7-12(8-11(2)13(10)15)9-16-6-4-3-5-14/h3-4,7-8,16H,5-6,9H2,1-2H3/b4-3+. The largest absolute Gasteiger partial charge is 0.309 e. The number of alkyl halides is 1. The molecule has 0 heterocycles.